The van der Waals surface area contributed by atoms with Crippen molar-refractivity contribution in [2.45, 2.75) is 38.6 Å². The standard InChI is InChI=1S/C26H29N7OS/c1-17-21-16-22(24-28-12-15-35-24)25(34)33(20-4-2-3-5-20)23(21)31-26(29-17)30-18-6-8-19(9-7-18)32-13-10-27-11-14-32/h6-9,12,15-16,20,27H,2-5,10-11,13-14H2,1H3,(H,29,30,31). The number of pyridine rings is 1. The molecule has 1 aromatic carbocycles. The third-order valence-corrected chi connectivity index (χ3v) is 7.85. The van der Waals surface area contributed by atoms with E-state index in [1.165, 1.54) is 17.0 Å². The van der Waals surface area contributed by atoms with Gasteiger partial charge in [-0.2, -0.15) is 4.98 Å². The van der Waals surface area contributed by atoms with Gasteiger partial charge >= 0.3 is 0 Å². The fraction of sp³-hybridized carbons (Fsp3) is 0.385. The molecule has 4 heterocycles. The lowest BCUT2D eigenvalue weighted by molar-refractivity contribution is 0.516. The van der Waals surface area contributed by atoms with Gasteiger partial charge in [-0.1, -0.05) is 12.8 Å². The molecule has 0 spiro atoms. The number of aromatic nitrogens is 4. The monoisotopic (exact) mass is 487 g/mol. The fourth-order valence-corrected chi connectivity index (χ4v) is 5.87. The quantitative estimate of drug-likeness (QED) is 0.429. The van der Waals surface area contributed by atoms with Gasteiger partial charge in [0.1, 0.15) is 10.7 Å². The van der Waals surface area contributed by atoms with Crippen LogP contribution in [0, 0.1) is 6.92 Å². The molecule has 1 aliphatic heterocycles. The Morgan fingerprint density at radius 1 is 1.09 bits per heavy atom. The SMILES string of the molecule is Cc1nc(Nc2ccc(N3CCNCC3)cc2)nc2c1cc(-c1nccs1)c(=O)n2C1CCCC1. The number of hydrogen-bond donors (Lipinski definition) is 2. The Labute approximate surface area is 208 Å². The average Bonchev–Trinajstić information content (AvgIpc) is 3.60. The van der Waals surface area contributed by atoms with Crippen LogP contribution in [0.3, 0.4) is 0 Å². The molecule has 6 rings (SSSR count). The Morgan fingerprint density at radius 2 is 1.86 bits per heavy atom. The Balaban J connectivity index is 1.39. The van der Waals surface area contributed by atoms with Crippen LogP contribution in [0.5, 0.6) is 0 Å². The van der Waals surface area contributed by atoms with E-state index in [0.29, 0.717) is 17.2 Å². The molecule has 8 nitrogen and oxygen atoms in total. The molecule has 0 amide bonds. The van der Waals surface area contributed by atoms with Gasteiger partial charge in [-0.15, -0.1) is 11.3 Å². The van der Waals surface area contributed by atoms with Crippen LogP contribution < -0.4 is 21.1 Å². The normalized spacial score (nSPS) is 16.8. The molecule has 0 atom stereocenters. The second-order valence-electron chi connectivity index (χ2n) is 9.29. The number of nitrogens with one attached hydrogen (secondary N) is 2. The molecule has 1 saturated heterocycles. The number of benzene rings is 1. The number of hydrogen-bond acceptors (Lipinski definition) is 8. The molecule has 4 aromatic rings. The third-order valence-electron chi connectivity index (χ3n) is 7.04. The number of thiazole rings is 1. The van der Waals surface area contributed by atoms with Gasteiger partial charge in [-0.05, 0) is 50.1 Å². The molecule has 180 valence electrons. The van der Waals surface area contributed by atoms with Gasteiger partial charge in [0.05, 0.1) is 11.3 Å². The zero-order valence-corrected chi connectivity index (χ0v) is 20.6. The number of rotatable bonds is 5. The largest absolute Gasteiger partial charge is 0.369 e. The molecule has 2 aliphatic rings. The Hall–Kier alpha value is -3.30. The molecular weight excluding hydrogens is 458 g/mol. The first-order valence-corrected chi connectivity index (χ1v) is 13.2. The molecule has 0 bridgehead atoms. The van der Waals surface area contributed by atoms with Crippen molar-refractivity contribution in [1.29, 1.82) is 0 Å². The minimum absolute atomic E-state index is 0.0104. The topological polar surface area (TPSA) is 88.0 Å². The van der Waals surface area contributed by atoms with Crippen LogP contribution in [0.1, 0.15) is 37.4 Å². The van der Waals surface area contributed by atoms with Crippen molar-refractivity contribution in [1.82, 2.24) is 24.8 Å². The predicted molar refractivity (Wildman–Crippen MR) is 142 cm³/mol. The van der Waals surface area contributed by atoms with E-state index in [9.17, 15) is 4.79 Å². The predicted octanol–water partition coefficient (Wildman–Crippen LogP) is 4.49. The first-order chi connectivity index (χ1) is 17.2. The highest BCUT2D eigenvalue weighted by atomic mass is 32.1. The molecule has 0 unspecified atom stereocenters. The highest BCUT2D eigenvalue weighted by molar-refractivity contribution is 7.13. The lowest BCUT2D eigenvalue weighted by Gasteiger charge is -2.29. The van der Waals surface area contributed by atoms with Crippen molar-refractivity contribution >= 4 is 39.7 Å². The molecule has 2 fully saturated rings. The molecular formula is C26H29N7OS. The maximum absolute atomic E-state index is 13.7. The van der Waals surface area contributed by atoms with Crippen molar-refractivity contribution in [3.8, 4) is 10.6 Å². The van der Waals surface area contributed by atoms with Crippen LogP contribution in [-0.4, -0.2) is 45.7 Å². The Bertz CT molecular complexity index is 1390. The summed E-state index contributed by atoms with van der Waals surface area (Å²) in [7, 11) is 0. The van der Waals surface area contributed by atoms with Gasteiger partial charge in [0.15, 0.2) is 0 Å². The number of fused-ring (bicyclic) bond motifs is 1. The van der Waals surface area contributed by atoms with E-state index in [1.54, 1.807) is 6.20 Å². The van der Waals surface area contributed by atoms with Crippen LogP contribution >= 0.6 is 11.3 Å². The summed E-state index contributed by atoms with van der Waals surface area (Å²) in [5, 5.41) is 10.3. The minimum atomic E-state index is -0.0104. The van der Waals surface area contributed by atoms with Crippen molar-refractivity contribution < 1.29 is 0 Å². The minimum Gasteiger partial charge on any atom is -0.369 e. The first-order valence-electron chi connectivity index (χ1n) is 12.3. The molecule has 1 saturated carbocycles. The summed E-state index contributed by atoms with van der Waals surface area (Å²) in [4.78, 5) is 30.1. The smallest absolute Gasteiger partial charge is 0.262 e. The van der Waals surface area contributed by atoms with E-state index in [4.69, 9.17) is 9.97 Å². The molecule has 2 N–H and O–H groups in total. The number of nitrogens with zero attached hydrogens (tertiary/aromatic N) is 5. The van der Waals surface area contributed by atoms with E-state index in [-0.39, 0.29) is 11.6 Å². The summed E-state index contributed by atoms with van der Waals surface area (Å²) in [5.41, 5.74) is 4.32. The molecule has 1 aliphatic carbocycles. The number of anilines is 3. The lowest BCUT2D eigenvalue weighted by Crippen LogP contribution is -2.43. The third kappa shape index (κ3) is 4.30. The van der Waals surface area contributed by atoms with Crippen LogP contribution in [0.15, 0.2) is 46.7 Å². The summed E-state index contributed by atoms with van der Waals surface area (Å²) in [5.74, 6) is 0.512. The van der Waals surface area contributed by atoms with Crippen molar-refractivity contribution in [2.24, 2.45) is 0 Å². The zero-order chi connectivity index (χ0) is 23.8. The van der Waals surface area contributed by atoms with Crippen molar-refractivity contribution in [3.05, 3.63) is 58.0 Å². The fourth-order valence-electron chi connectivity index (χ4n) is 5.23. The highest BCUT2D eigenvalue weighted by Gasteiger charge is 2.24. The lowest BCUT2D eigenvalue weighted by atomic mass is 10.1. The van der Waals surface area contributed by atoms with E-state index in [2.05, 4.69) is 44.8 Å². The summed E-state index contributed by atoms with van der Waals surface area (Å²) in [6, 6.07) is 10.5. The summed E-state index contributed by atoms with van der Waals surface area (Å²) in [6.07, 6.45) is 6.00. The highest BCUT2D eigenvalue weighted by Crippen LogP contribution is 2.33. The van der Waals surface area contributed by atoms with E-state index < -0.39 is 0 Å². The average molecular weight is 488 g/mol. The van der Waals surface area contributed by atoms with Gasteiger partial charge in [0.2, 0.25) is 5.95 Å². The number of aryl methyl sites for hydroxylation is 1. The van der Waals surface area contributed by atoms with E-state index in [1.807, 2.05) is 22.9 Å². The van der Waals surface area contributed by atoms with Crippen LogP contribution in [0.25, 0.3) is 21.6 Å². The molecule has 9 heteroatoms. The Morgan fingerprint density at radius 3 is 2.57 bits per heavy atom. The summed E-state index contributed by atoms with van der Waals surface area (Å²) in [6.45, 7) is 6.04. The number of piperazine rings is 1. The molecule has 35 heavy (non-hydrogen) atoms. The van der Waals surface area contributed by atoms with Crippen molar-refractivity contribution in [3.63, 3.8) is 0 Å². The second kappa shape index (κ2) is 9.39. The van der Waals surface area contributed by atoms with Crippen LogP contribution in [-0.2, 0) is 0 Å². The first kappa shape index (κ1) is 22.2. The molecule has 0 radical (unpaired) electrons. The van der Waals surface area contributed by atoms with Gasteiger partial charge in [-0.3, -0.25) is 9.36 Å². The second-order valence-corrected chi connectivity index (χ2v) is 10.2. The van der Waals surface area contributed by atoms with Crippen LogP contribution in [0.4, 0.5) is 17.3 Å². The van der Waals surface area contributed by atoms with E-state index >= 15 is 0 Å². The molecule has 3 aromatic heterocycles. The van der Waals surface area contributed by atoms with Gasteiger partial charge in [0, 0.05) is 60.6 Å². The maximum Gasteiger partial charge on any atom is 0.262 e. The van der Waals surface area contributed by atoms with Gasteiger partial charge in [-0.25, -0.2) is 9.97 Å². The summed E-state index contributed by atoms with van der Waals surface area (Å²) < 4.78 is 1.91. The van der Waals surface area contributed by atoms with Gasteiger partial charge < -0.3 is 15.5 Å². The van der Waals surface area contributed by atoms with Crippen molar-refractivity contribution in [2.75, 3.05) is 36.4 Å². The van der Waals surface area contributed by atoms with E-state index in [0.717, 1.165) is 73.6 Å². The zero-order valence-electron chi connectivity index (χ0n) is 19.8. The Kier molecular flexibility index (Phi) is 5.95. The summed E-state index contributed by atoms with van der Waals surface area (Å²) >= 11 is 1.49. The maximum atomic E-state index is 13.7. The van der Waals surface area contributed by atoms with Gasteiger partial charge in [0.25, 0.3) is 5.56 Å². The van der Waals surface area contributed by atoms with Crippen LogP contribution in [0.2, 0.25) is 0 Å².